The van der Waals surface area contributed by atoms with Crippen LogP contribution in [-0.4, -0.2) is 25.0 Å². The van der Waals surface area contributed by atoms with Crippen LogP contribution in [0.1, 0.15) is 52.9 Å². The van der Waals surface area contributed by atoms with Gasteiger partial charge in [0.25, 0.3) is 0 Å². The Morgan fingerprint density at radius 2 is 1.92 bits per heavy atom. The maximum atomic E-state index is 12.8. The van der Waals surface area contributed by atoms with Gasteiger partial charge in [-0.3, -0.25) is 4.79 Å². The number of amides is 1. The number of anilines is 1. The lowest BCUT2D eigenvalue weighted by Gasteiger charge is -2.41. The number of carbonyl (C=O) groups is 1. The van der Waals surface area contributed by atoms with Crippen LogP contribution in [0, 0.1) is 22.7 Å². The predicted octanol–water partition coefficient (Wildman–Crippen LogP) is 4.13. The third-order valence-electron chi connectivity index (χ3n) is 5.21. The van der Waals surface area contributed by atoms with Gasteiger partial charge >= 0.3 is 0 Å². The molecule has 1 aliphatic rings. The molecule has 0 radical (unpaired) electrons. The molecule has 0 bridgehead atoms. The van der Waals surface area contributed by atoms with Crippen molar-refractivity contribution in [3.05, 3.63) is 30.3 Å². The fourth-order valence-corrected chi connectivity index (χ4v) is 3.89. The Kier molecular flexibility index (Phi) is 7.01. The first-order valence-electron chi connectivity index (χ1n) is 9.39. The molecular weight excluding hydrogens is 310 g/mol. The molecule has 4 heteroatoms. The summed E-state index contributed by atoms with van der Waals surface area (Å²) < 4.78 is 0. The molecule has 1 aromatic rings. The second-order valence-corrected chi connectivity index (χ2v) is 8.03. The molecule has 1 amide bonds. The molecule has 0 aliphatic heterocycles. The van der Waals surface area contributed by atoms with Crippen molar-refractivity contribution in [1.29, 1.82) is 5.26 Å². The minimum absolute atomic E-state index is 0.0414. The molecule has 136 valence electrons. The highest BCUT2D eigenvalue weighted by molar-refractivity contribution is 5.94. The molecule has 4 nitrogen and oxygen atoms in total. The van der Waals surface area contributed by atoms with Gasteiger partial charge < -0.3 is 10.2 Å². The lowest BCUT2D eigenvalue weighted by atomic mass is 9.69. The molecule has 2 rings (SSSR count). The van der Waals surface area contributed by atoms with E-state index in [1.807, 2.05) is 30.3 Å². The molecule has 25 heavy (non-hydrogen) atoms. The van der Waals surface area contributed by atoms with Crippen molar-refractivity contribution in [3.8, 4) is 6.07 Å². The van der Waals surface area contributed by atoms with Crippen LogP contribution in [0.2, 0.25) is 0 Å². The normalized spacial score (nSPS) is 20.7. The smallest absolute Gasteiger partial charge is 0.240 e. The second-order valence-electron chi connectivity index (χ2n) is 8.03. The van der Waals surface area contributed by atoms with Gasteiger partial charge in [0.2, 0.25) is 5.91 Å². The van der Waals surface area contributed by atoms with Gasteiger partial charge in [-0.05, 0) is 36.3 Å². The maximum absolute atomic E-state index is 12.8. The topological polar surface area (TPSA) is 56.1 Å². The Hall–Kier alpha value is -1.86. The van der Waals surface area contributed by atoms with Crippen molar-refractivity contribution < 1.29 is 4.79 Å². The first-order valence-corrected chi connectivity index (χ1v) is 9.39. The monoisotopic (exact) mass is 341 g/mol. The molecule has 1 aliphatic carbocycles. The van der Waals surface area contributed by atoms with Gasteiger partial charge in [0.05, 0.1) is 19.0 Å². The summed E-state index contributed by atoms with van der Waals surface area (Å²) in [4.78, 5) is 14.5. The highest BCUT2D eigenvalue weighted by Crippen LogP contribution is 2.37. The van der Waals surface area contributed by atoms with Gasteiger partial charge in [0, 0.05) is 18.3 Å². The summed E-state index contributed by atoms with van der Waals surface area (Å²) in [5, 5.41) is 12.4. The standard InChI is InChI=1S/C21H31N3O/c1-21(2,3)18-12-7-8-13-19(18)23-16-20(25)24(15-9-14-22)17-10-5-4-6-11-17/h4-6,10-11,18-19,23H,7-9,12-13,15-16H2,1-3H3. The van der Waals surface area contributed by atoms with Crippen molar-refractivity contribution in [2.75, 3.05) is 18.0 Å². The van der Waals surface area contributed by atoms with E-state index in [0.717, 1.165) is 12.1 Å². The quantitative estimate of drug-likeness (QED) is 0.846. The summed E-state index contributed by atoms with van der Waals surface area (Å²) in [5.41, 5.74) is 1.11. The molecule has 2 atom stereocenters. The van der Waals surface area contributed by atoms with E-state index in [1.54, 1.807) is 4.90 Å². The number of para-hydroxylation sites is 1. The fourth-order valence-electron chi connectivity index (χ4n) is 3.89. The first-order chi connectivity index (χ1) is 11.9. The van der Waals surface area contributed by atoms with E-state index in [1.165, 1.54) is 19.3 Å². The molecule has 0 heterocycles. The summed E-state index contributed by atoms with van der Waals surface area (Å²) in [6.07, 6.45) is 5.22. The minimum Gasteiger partial charge on any atom is -0.310 e. The third-order valence-corrected chi connectivity index (χ3v) is 5.21. The van der Waals surface area contributed by atoms with Crippen LogP contribution >= 0.6 is 0 Å². The van der Waals surface area contributed by atoms with E-state index in [9.17, 15) is 4.79 Å². The van der Waals surface area contributed by atoms with Crippen molar-refractivity contribution in [2.24, 2.45) is 11.3 Å². The van der Waals surface area contributed by atoms with E-state index in [-0.39, 0.29) is 11.3 Å². The lowest BCUT2D eigenvalue weighted by Crippen LogP contribution is -2.48. The van der Waals surface area contributed by atoms with Crippen molar-refractivity contribution in [3.63, 3.8) is 0 Å². The van der Waals surface area contributed by atoms with Crippen LogP contribution in [0.15, 0.2) is 30.3 Å². The Morgan fingerprint density at radius 1 is 1.24 bits per heavy atom. The average molecular weight is 341 g/mol. The number of nitriles is 1. The van der Waals surface area contributed by atoms with Gasteiger partial charge in [-0.15, -0.1) is 0 Å². The number of hydrogen-bond acceptors (Lipinski definition) is 3. The summed E-state index contributed by atoms with van der Waals surface area (Å²) in [7, 11) is 0. The van der Waals surface area contributed by atoms with Crippen LogP contribution < -0.4 is 10.2 Å². The molecule has 0 aromatic heterocycles. The van der Waals surface area contributed by atoms with E-state index in [2.05, 4.69) is 32.2 Å². The number of hydrogen-bond donors (Lipinski definition) is 1. The van der Waals surface area contributed by atoms with Gasteiger partial charge in [0.15, 0.2) is 0 Å². The van der Waals surface area contributed by atoms with Crippen LogP contribution in [0.3, 0.4) is 0 Å². The zero-order valence-corrected chi connectivity index (χ0v) is 15.8. The lowest BCUT2D eigenvalue weighted by molar-refractivity contribution is -0.118. The molecule has 1 N–H and O–H groups in total. The second kappa shape index (κ2) is 9.01. The molecule has 0 saturated heterocycles. The maximum Gasteiger partial charge on any atom is 0.240 e. The molecule has 1 aromatic carbocycles. The summed E-state index contributed by atoms with van der Waals surface area (Å²) in [6, 6.07) is 12.2. The third kappa shape index (κ3) is 5.57. The Morgan fingerprint density at radius 3 is 2.56 bits per heavy atom. The number of benzene rings is 1. The fraction of sp³-hybridized carbons (Fsp3) is 0.619. The minimum atomic E-state index is 0.0414. The molecular formula is C21H31N3O. The number of nitrogens with zero attached hydrogens (tertiary/aromatic N) is 2. The Labute approximate surface area is 152 Å². The predicted molar refractivity (Wildman–Crippen MR) is 102 cm³/mol. The van der Waals surface area contributed by atoms with E-state index >= 15 is 0 Å². The van der Waals surface area contributed by atoms with Crippen LogP contribution in [-0.2, 0) is 4.79 Å². The zero-order valence-electron chi connectivity index (χ0n) is 15.8. The SMILES string of the molecule is CC(C)(C)C1CCCCC1NCC(=O)N(CCC#N)c1ccccc1. The van der Waals surface area contributed by atoms with E-state index in [4.69, 9.17) is 5.26 Å². The van der Waals surface area contributed by atoms with Crippen molar-refractivity contribution in [1.82, 2.24) is 5.32 Å². The number of nitrogens with one attached hydrogen (secondary N) is 1. The number of carbonyl (C=O) groups excluding carboxylic acids is 1. The van der Waals surface area contributed by atoms with E-state index in [0.29, 0.717) is 31.5 Å². The van der Waals surface area contributed by atoms with Gasteiger partial charge in [0.1, 0.15) is 0 Å². The summed E-state index contributed by atoms with van der Waals surface area (Å²) >= 11 is 0. The van der Waals surface area contributed by atoms with Gasteiger partial charge in [-0.1, -0.05) is 51.8 Å². The average Bonchev–Trinajstić information content (AvgIpc) is 2.60. The molecule has 1 saturated carbocycles. The zero-order chi connectivity index (χ0) is 18.3. The van der Waals surface area contributed by atoms with Gasteiger partial charge in [-0.25, -0.2) is 0 Å². The first kappa shape index (κ1) is 19.5. The van der Waals surface area contributed by atoms with E-state index < -0.39 is 0 Å². The number of rotatable bonds is 6. The summed E-state index contributed by atoms with van der Waals surface area (Å²) in [6.45, 7) is 7.65. The Bertz CT molecular complexity index is 585. The molecule has 2 unspecified atom stereocenters. The Balaban J connectivity index is 2.01. The molecule has 0 spiro atoms. The van der Waals surface area contributed by atoms with Crippen molar-refractivity contribution >= 4 is 11.6 Å². The van der Waals surface area contributed by atoms with Gasteiger partial charge in [-0.2, -0.15) is 5.26 Å². The van der Waals surface area contributed by atoms with Crippen LogP contribution in [0.4, 0.5) is 5.69 Å². The van der Waals surface area contributed by atoms with Crippen LogP contribution in [0.5, 0.6) is 0 Å². The highest BCUT2D eigenvalue weighted by atomic mass is 16.2. The molecule has 1 fully saturated rings. The summed E-state index contributed by atoms with van der Waals surface area (Å²) in [5.74, 6) is 0.637. The largest absolute Gasteiger partial charge is 0.310 e. The highest BCUT2D eigenvalue weighted by Gasteiger charge is 2.34. The van der Waals surface area contributed by atoms with Crippen LogP contribution in [0.25, 0.3) is 0 Å². The van der Waals surface area contributed by atoms with Crippen molar-refractivity contribution in [2.45, 2.75) is 58.9 Å².